The maximum absolute atomic E-state index is 13.2. The van der Waals surface area contributed by atoms with Gasteiger partial charge < -0.3 is 15.4 Å². The van der Waals surface area contributed by atoms with Gasteiger partial charge in [0.15, 0.2) is 5.11 Å². The van der Waals surface area contributed by atoms with Crippen molar-refractivity contribution in [3.8, 4) is 5.75 Å². The Balaban J connectivity index is 1.19. The topological polar surface area (TPSA) is 96.5 Å². The highest BCUT2D eigenvalue weighted by Gasteiger charge is 2.54. The molecule has 0 heterocycles. The quantitative estimate of drug-likeness (QED) is 0.506. The lowest BCUT2D eigenvalue weighted by molar-refractivity contribution is -0.144. The molecule has 4 fully saturated rings. The Hall–Kier alpha value is -2.65. The lowest BCUT2D eigenvalue weighted by Crippen LogP contribution is -2.55. The van der Waals surface area contributed by atoms with E-state index in [0.717, 1.165) is 19.3 Å². The molecule has 2 aromatic carbocycles. The SMILES string of the molecule is COc1ccc(NS(=O)(=O)c2ccc(NC(=S)NC(=O)C34CC5CC(CC(C5)C3)C4)cc2)cc1. The van der Waals surface area contributed by atoms with Crippen LogP contribution in [0.3, 0.4) is 0 Å². The fourth-order valence-electron chi connectivity index (χ4n) is 6.38. The van der Waals surface area contributed by atoms with E-state index in [1.54, 1.807) is 43.5 Å². The number of amides is 1. The van der Waals surface area contributed by atoms with E-state index >= 15 is 0 Å². The number of thiocarbonyl (C=S) groups is 1. The predicted octanol–water partition coefficient (Wildman–Crippen LogP) is 4.53. The molecular formula is C25H29N3O4S2. The Labute approximate surface area is 205 Å². The molecule has 3 N–H and O–H groups in total. The lowest BCUT2D eigenvalue weighted by atomic mass is 9.49. The molecule has 1 amide bonds. The van der Waals surface area contributed by atoms with Crippen LogP contribution in [0, 0.1) is 23.2 Å². The second kappa shape index (κ2) is 8.85. The van der Waals surface area contributed by atoms with Crippen LogP contribution in [0.25, 0.3) is 0 Å². The van der Waals surface area contributed by atoms with Crippen LogP contribution in [0.15, 0.2) is 53.4 Å². The molecule has 7 nitrogen and oxygen atoms in total. The Bertz CT molecular complexity index is 1160. The number of ether oxygens (including phenoxy) is 1. The highest BCUT2D eigenvalue weighted by atomic mass is 32.2. The van der Waals surface area contributed by atoms with Gasteiger partial charge in [-0.3, -0.25) is 9.52 Å². The summed E-state index contributed by atoms with van der Waals surface area (Å²) in [6, 6.07) is 12.9. The summed E-state index contributed by atoms with van der Waals surface area (Å²) < 4.78 is 33.0. The summed E-state index contributed by atoms with van der Waals surface area (Å²) >= 11 is 5.40. The van der Waals surface area contributed by atoms with Gasteiger partial charge in [0.2, 0.25) is 5.91 Å². The molecule has 0 aliphatic heterocycles. The first-order chi connectivity index (χ1) is 16.2. The van der Waals surface area contributed by atoms with Gasteiger partial charge in [0.25, 0.3) is 10.0 Å². The molecule has 0 saturated heterocycles. The Morgan fingerprint density at radius 2 is 1.44 bits per heavy atom. The molecular weight excluding hydrogens is 470 g/mol. The largest absolute Gasteiger partial charge is 0.497 e. The maximum atomic E-state index is 13.2. The van der Waals surface area contributed by atoms with Crippen molar-refractivity contribution in [3.63, 3.8) is 0 Å². The van der Waals surface area contributed by atoms with Crippen LogP contribution >= 0.6 is 12.2 Å². The summed E-state index contributed by atoms with van der Waals surface area (Å²) in [5, 5.41) is 6.17. The van der Waals surface area contributed by atoms with E-state index in [2.05, 4.69) is 15.4 Å². The van der Waals surface area contributed by atoms with Crippen LogP contribution in [0.4, 0.5) is 11.4 Å². The van der Waals surface area contributed by atoms with Crippen LogP contribution in [0.5, 0.6) is 5.75 Å². The maximum Gasteiger partial charge on any atom is 0.261 e. The molecule has 4 bridgehead atoms. The van der Waals surface area contributed by atoms with E-state index in [-0.39, 0.29) is 21.3 Å². The molecule has 0 spiro atoms. The fraction of sp³-hybridized carbons (Fsp3) is 0.440. The molecule has 0 unspecified atom stereocenters. The molecule has 6 rings (SSSR count). The number of hydrogen-bond donors (Lipinski definition) is 3. The number of benzene rings is 2. The van der Waals surface area contributed by atoms with Gasteiger partial charge in [-0.05, 0) is 117 Å². The third kappa shape index (κ3) is 4.63. The van der Waals surface area contributed by atoms with Crippen LogP contribution in [-0.4, -0.2) is 26.5 Å². The van der Waals surface area contributed by atoms with Crippen LogP contribution in [-0.2, 0) is 14.8 Å². The normalized spacial score (nSPS) is 27.1. The number of hydrogen-bond acceptors (Lipinski definition) is 5. The summed E-state index contributed by atoms with van der Waals surface area (Å²) in [6.07, 6.45) is 6.75. The van der Waals surface area contributed by atoms with E-state index in [1.165, 1.54) is 31.4 Å². The number of rotatable bonds is 6. The number of nitrogens with one attached hydrogen (secondary N) is 3. The summed E-state index contributed by atoms with van der Waals surface area (Å²) in [7, 11) is -2.19. The first-order valence-corrected chi connectivity index (χ1v) is 13.5. The number of carbonyl (C=O) groups excluding carboxylic acids is 1. The van der Waals surface area contributed by atoms with E-state index in [9.17, 15) is 13.2 Å². The fourth-order valence-corrected chi connectivity index (χ4v) is 7.65. The van der Waals surface area contributed by atoms with Crippen molar-refractivity contribution in [3.05, 3.63) is 48.5 Å². The first-order valence-electron chi connectivity index (χ1n) is 11.6. The number of sulfonamides is 1. The van der Waals surface area contributed by atoms with Gasteiger partial charge in [0.1, 0.15) is 5.75 Å². The average Bonchev–Trinajstić information content (AvgIpc) is 2.79. The molecule has 4 aliphatic carbocycles. The molecule has 0 aromatic heterocycles. The zero-order valence-corrected chi connectivity index (χ0v) is 20.7. The van der Waals surface area contributed by atoms with Crippen molar-refractivity contribution >= 4 is 44.6 Å². The second-order valence-corrected chi connectivity index (χ2v) is 12.1. The Morgan fingerprint density at radius 1 is 0.912 bits per heavy atom. The molecule has 4 saturated carbocycles. The van der Waals surface area contributed by atoms with Crippen LogP contribution in [0.2, 0.25) is 0 Å². The summed E-state index contributed by atoms with van der Waals surface area (Å²) in [6.45, 7) is 0. The first kappa shape index (κ1) is 23.1. The zero-order valence-electron chi connectivity index (χ0n) is 19.0. The monoisotopic (exact) mass is 499 g/mol. The number of methoxy groups -OCH3 is 1. The third-order valence-electron chi connectivity index (χ3n) is 7.51. The molecule has 9 heteroatoms. The van der Waals surface area contributed by atoms with Crippen molar-refractivity contribution in [1.29, 1.82) is 0 Å². The smallest absolute Gasteiger partial charge is 0.261 e. The van der Waals surface area contributed by atoms with Gasteiger partial charge >= 0.3 is 0 Å². The standard InChI is InChI=1S/C25H29N3O4S2/c1-32-21-6-2-20(3-7-21)28-34(30,31)22-8-4-19(5-9-22)26-24(33)27-23(29)25-13-16-10-17(14-25)12-18(11-16)15-25/h2-9,16-18,28H,10-15H2,1H3,(H2,26,27,29,33). The van der Waals surface area contributed by atoms with Gasteiger partial charge in [-0.25, -0.2) is 8.42 Å². The summed E-state index contributed by atoms with van der Waals surface area (Å²) in [5.74, 6) is 2.72. The van der Waals surface area contributed by atoms with Gasteiger partial charge in [-0.15, -0.1) is 0 Å². The highest BCUT2D eigenvalue weighted by molar-refractivity contribution is 7.92. The summed E-state index contributed by atoms with van der Waals surface area (Å²) in [5.41, 5.74) is 0.779. The average molecular weight is 500 g/mol. The van der Waals surface area contributed by atoms with Crippen molar-refractivity contribution in [2.45, 2.75) is 43.4 Å². The molecule has 34 heavy (non-hydrogen) atoms. The van der Waals surface area contributed by atoms with Crippen molar-refractivity contribution in [1.82, 2.24) is 5.32 Å². The van der Waals surface area contributed by atoms with Crippen LogP contribution in [0.1, 0.15) is 38.5 Å². The van der Waals surface area contributed by atoms with Crippen molar-refractivity contribution < 1.29 is 17.9 Å². The summed E-state index contributed by atoms with van der Waals surface area (Å²) in [4.78, 5) is 13.3. The molecule has 0 atom stereocenters. The van der Waals surface area contributed by atoms with Gasteiger partial charge in [0, 0.05) is 11.4 Å². The number of carbonyl (C=O) groups is 1. The molecule has 2 aromatic rings. The van der Waals surface area contributed by atoms with Crippen LogP contribution < -0.4 is 20.1 Å². The highest BCUT2D eigenvalue weighted by Crippen LogP contribution is 2.60. The molecule has 180 valence electrons. The Morgan fingerprint density at radius 3 is 1.97 bits per heavy atom. The Kier molecular flexibility index (Phi) is 6.02. The van der Waals surface area contributed by atoms with E-state index in [1.807, 2.05) is 0 Å². The minimum Gasteiger partial charge on any atom is -0.497 e. The van der Waals surface area contributed by atoms with E-state index in [0.29, 0.717) is 34.9 Å². The second-order valence-electron chi connectivity index (χ2n) is 9.96. The predicted molar refractivity (Wildman–Crippen MR) is 135 cm³/mol. The van der Waals surface area contributed by atoms with E-state index < -0.39 is 10.0 Å². The minimum atomic E-state index is -3.74. The lowest BCUT2D eigenvalue weighted by Gasteiger charge is -2.55. The van der Waals surface area contributed by atoms with Gasteiger partial charge in [-0.1, -0.05) is 0 Å². The molecule has 4 aliphatic rings. The minimum absolute atomic E-state index is 0.0342. The molecule has 0 radical (unpaired) electrons. The van der Waals surface area contributed by atoms with Gasteiger partial charge in [-0.2, -0.15) is 0 Å². The van der Waals surface area contributed by atoms with Crippen molar-refractivity contribution in [2.75, 3.05) is 17.1 Å². The zero-order chi connectivity index (χ0) is 23.9. The number of anilines is 2. The van der Waals surface area contributed by atoms with Gasteiger partial charge in [0.05, 0.1) is 17.4 Å². The van der Waals surface area contributed by atoms with E-state index in [4.69, 9.17) is 17.0 Å². The van der Waals surface area contributed by atoms with Crippen molar-refractivity contribution in [2.24, 2.45) is 23.2 Å². The third-order valence-corrected chi connectivity index (χ3v) is 9.11.